The number of rotatable bonds is 5. The number of benzene rings is 5. The minimum Gasteiger partial charge on any atom is -0.501 e. The standard InChI is InChI=1S/C28H18NO.C17H22GeN.Ir/c1-18-14-26(29-17-25(18)19-8-3-2-4-9-19)23-13-7-12-22-24-15-20-10-5-6-11-21(20)16-27(24)30-28(22)23;1-13(2)15-11-17(14-9-7-6-8-10-14)19-12-16(15)18(3,4)5;/h2-12,14-17H,1H3;6-9,11-13H,1-5H3;/q2*-1;/i1D3,17D;13D;. The molecule has 0 aliphatic rings. The molecule has 0 bridgehead atoms. The SMILES string of the molecule is [2H]C(C)(C)c1cc(-c2[c-]cccc2)nc[c]1[Ge]([CH3])([CH3])[CH3].[2H]c1nc(-c2[c-]ccc3c2oc2cc4ccccc4cc23)cc(C([2H])([2H])[2H])c1-c1ccccc1.[Ir]. The van der Waals surface area contributed by atoms with Crippen LogP contribution in [0.5, 0.6) is 0 Å². The Hall–Kier alpha value is -4.35. The smallest absolute Gasteiger partial charge is 0.121 e. The van der Waals surface area contributed by atoms with Crippen molar-refractivity contribution >= 4 is 50.4 Å². The number of aryl methyl sites for hydroxylation is 1. The van der Waals surface area contributed by atoms with E-state index in [0.29, 0.717) is 28.0 Å². The predicted molar refractivity (Wildman–Crippen MR) is 209 cm³/mol. The molecule has 251 valence electrons. The van der Waals surface area contributed by atoms with Crippen molar-refractivity contribution in [1.82, 2.24) is 9.97 Å². The summed E-state index contributed by atoms with van der Waals surface area (Å²) in [5.41, 5.74) is 6.26. The third kappa shape index (κ3) is 7.25. The van der Waals surface area contributed by atoms with Crippen LogP contribution in [0.3, 0.4) is 0 Å². The topological polar surface area (TPSA) is 38.9 Å². The number of nitrogens with zero attached hydrogens (tertiary/aromatic N) is 2. The maximum absolute atomic E-state index is 8.63. The maximum Gasteiger partial charge on any atom is 0.121 e. The number of aromatic nitrogens is 2. The van der Waals surface area contributed by atoms with E-state index in [1.54, 1.807) is 24.3 Å². The molecule has 3 heterocycles. The summed E-state index contributed by atoms with van der Waals surface area (Å²) in [4.78, 5) is 9.12. The van der Waals surface area contributed by atoms with Crippen LogP contribution in [0.25, 0.3) is 66.4 Å². The van der Waals surface area contributed by atoms with Crippen LogP contribution in [-0.4, -0.2) is 23.2 Å². The van der Waals surface area contributed by atoms with Crippen molar-refractivity contribution < 1.29 is 31.4 Å². The van der Waals surface area contributed by atoms with Crippen LogP contribution < -0.4 is 4.40 Å². The van der Waals surface area contributed by atoms with Gasteiger partial charge in [0.1, 0.15) is 5.58 Å². The second-order valence-corrected chi connectivity index (χ2v) is 24.0. The van der Waals surface area contributed by atoms with E-state index in [4.69, 9.17) is 11.3 Å². The molecule has 0 N–H and O–H groups in total. The van der Waals surface area contributed by atoms with Gasteiger partial charge in [0.25, 0.3) is 0 Å². The number of furan rings is 1. The van der Waals surface area contributed by atoms with Crippen LogP contribution in [0, 0.1) is 19.0 Å². The van der Waals surface area contributed by atoms with Crippen molar-refractivity contribution in [2.75, 3.05) is 0 Å². The average Bonchev–Trinajstić information content (AvgIpc) is 3.50. The van der Waals surface area contributed by atoms with Gasteiger partial charge < -0.3 is 9.40 Å². The predicted octanol–water partition coefficient (Wildman–Crippen LogP) is 11.8. The summed E-state index contributed by atoms with van der Waals surface area (Å²) in [6, 6.07) is 42.9. The van der Waals surface area contributed by atoms with Crippen molar-refractivity contribution in [2.24, 2.45) is 0 Å². The fraction of sp³-hybridized carbons (Fsp3) is 0.156. The van der Waals surface area contributed by atoms with Gasteiger partial charge in [-0.2, -0.15) is 0 Å². The maximum atomic E-state index is 8.63. The summed E-state index contributed by atoms with van der Waals surface area (Å²) in [5.74, 6) is 6.45. The Morgan fingerprint density at radius 3 is 2.22 bits per heavy atom. The average molecular weight is 895 g/mol. The molecular weight excluding hydrogens is 849 g/mol. The first-order chi connectivity index (χ1) is 25.6. The first-order valence-electron chi connectivity index (χ1n) is 18.9. The number of fused-ring (bicyclic) bond motifs is 4. The first kappa shape index (κ1) is 29.4. The van der Waals surface area contributed by atoms with Crippen molar-refractivity contribution in [3.05, 3.63) is 151 Å². The number of hydrogen-bond acceptors (Lipinski definition) is 3. The van der Waals surface area contributed by atoms with E-state index in [0.717, 1.165) is 43.9 Å². The minimum absolute atomic E-state index is 0. The second kappa shape index (κ2) is 14.9. The molecule has 3 aromatic heterocycles. The molecule has 0 aliphatic carbocycles. The third-order valence-electron chi connectivity index (χ3n) is 8.69. The van der Waals surface area contributed by atoms with Gasteiger partial charge in [-0.1, -0.05) is 71.6 Å². The van der Waals surface area contributed by atoms with E-state index in [1.807, 2.05) is 92.8 Å². The molecular formula is C45H40GeIrN2O-2. The van der Waals surface area contributed by atoms with Gasteiger partial charge in [0, 0.05) is 41.3 Å². The molecule has 50 heavy (non-hydrogen) atoms. The Morgan fingerprint density at radius 2 is 1.52 bits per heavy atom. The van der Waals surface area contributed by atoms with Crippen molar-refractivity contribution in [3.63, 3.8) is 0 Å². The van der Waals surface area contributed by atoms with Gasteiger partial charge in [0.15, 0.2) is 0 Å². The molecule has 0 amide bonds. The molecule has 8 aromatic rings. The zero-order valence-corrected chi connectivity index (χ0v) is 33.2. The zero-order valence-electron chi connectivity index (χ0n) is 33.7. The molecule has 0 unspecified atom stereocenters. The van der Waals surface area contributed by atoms with Gasteiger partial charge in [-0.15, -0.1) is 18.2 Å². The van der Waals surface area contributed by atoms with Crippen LogP contribution in [0.1, 0.15) is 37.7 Å². The number of hydrogen-bond donors (Lipinski definition) is 0. The fourth-order valence-electron chi connectivity index (χ4n) is 6.15. The first-order valence-corrected chi connectivity index (χ1v) is 23.8. The molecule has 5 aromatic carbocycles. The summed E-state index contributed by atoms with van der Waals surface area (Å²) in [5, 5.41) is 4.04. The minimum atomic E-state index is -2.42. The van der Waals surface area contributed by atoms with Gasteiger partial charge in [0.2, 0.25) is 0 Å². The zero-order chi connectivity index (χ0) is 38.4. The van der Waals surface area contributed by atoms with Gasteiger partial charge in [-0.3, -0.25) is 0 Å². The van der Waals surface area contributed by atoms with E-state index in [1.165, 1.54) is 4.40 Å². The van der Waals surface area contributed by atoms with E-state index in [2.05, 4.69) is 57.6 Å². The fourth-order valence-corrected chi connectivity index (χ4v) is 9.47. The monoisotopic (exact) mass is 896 g/mol. The van der Waals surface area contributed by atoms with Gasteiger partial charge >= 0.3 is 120 Å². The summed E-state index contributed by atoms with van der Waals surface area (Å²) >= 11 is -2.03. The Morgan fingerprint density at radius 1 is 0.780 bits per heavy atom. The molecule has 0 saturated carbocycles. The van der Waals surface area contributed by atoms with Gasteiger partial charge in [0.05, 0.1) is 6.95 Å². The van der Waals surface area contributed by atoms with Crippen molar-refractivity contribution in [1.29, 1.82) is 0 Å². The van der Waals surface area contributed by atoms with E-state index in [9.17, 15) is 0 Å². The molecule has 0 spiro atoms. The Bertz CT molecular complexity index is 2630. The molecule has 0 aliphatic heterocycles. The quantitative estimate of drug-likeness (QED) is 0.128. The molecule has 3 nitrogen and oxygen atoms in total. The van der Waals surface area contributed by atoms with E-state index in [-0.39, 0.29) is 31.8 Å². The number of pyridine rings is 2. The molecule has 0 saturated heterocycles. The Kier molecular flexibility index (Phi) is 8.74. The molecule has 8 rings (SSSR count). The third-order valence-corrected chi connectivity index (χ3v) is 12.9. The van der Waals surface area contributed by atoms with Gasteiger partial charge in [-0.05, 0) is 46.6 Å². The second-order valence-electron chi connectivity index (χ2n) is 13.4. The Balaban J connectivity index is 0.000000211. The summed E-state index contributed by atoms with van der Waals surface area (Å²) in [6.07, 6.45) is 1.91. The summed E-state index contributed by atoms with van der Waals surface area (Å²) in [6.45, 7) is 1.49. The van der Waals surface area contributed by atoms with E-state index >= 15 is 0 Å². The Labute approximate surface area is 318 Å². The normalized spacial score (nSPS) is 13.3. The molecule has 0 fully saturated rings. The van der Waals surface area contributed by atoms with Crippen molar-refractivity contribution in [3.8, 4) is 33.6 Å². The largest absolute Gasteiger partial charge is 0.501 e. The van der Waals surface area contributed by atoms with Crippen molar-refractivity contribution in [2.45, 2.75) is 43.9 Å². The summed E-state index contributed by atoms with van der Waals surface area (Å²) in [7, 11) is 0. The molecule has 1 radical (unpaired) electrons. The molecule has 0 atom stereocenters. The summed E-state index contributed by atoms with van der Waals surface area (Å²) < 4.78 is 49.1. The molecule has 5 heteroatoms. The van der Waals surface area contributed by atoms with E-state index < -0.39 is 26.0 Å². The van der Waals surface area contributed by atoms with Crippen LogP contribution in [0.2, 0.25) is 17.3 Å². The van der Waals surface area contributed by atoms with Crippen LogP contribution in [-0.2, 0) is 20.1 Å². The van der Waals surface area contributed by atoms with Crippen LogP contribution in [0.15, 0.2) is 132 Å². The van der Waals surface area contributed by atoms with Crippen LogP contribution >= 0.6 is 0 Å². The van der Waals surface area contributed by atoms with Gasteiger partial charge in [-0.25, -0.2) is 0 Å². The van der Waals surface area contributed by atoms with Crippen LogP contribution in [0.4, 0.5) is 0 Å².